The Morgan fingerprint density at radius 3 is 2.74 bits per heavy atom. The second-order valence-corrected chi connectivity index (χ2v) is 5.04. The van der Waals surface area contributed by atoms with Gasteiger partial charge in [-0.15, -0.1) is 12.4 Å². The molecule has 0 bridgehead atoms. The molecular formula is C17H23ClN2O3. The molecule has 6 heteroatoms. The van der Waals surface area contributed by atoms with E-state index in [1.54, 1.807) is 6.07 Å². The van der Waals surface area contributed by atoms with Crippen LogP contribution in [0.5, 0.6) is 0 Å². The molecule has 126 valence electrons. The second kappa shape index (κ2) is 10.0. The Labute approximate surface area is 142 Å². The van der Waals surface area contributed by atoms with Crippen LogP contribution in [0.4, 0.5) is 0 Å². The fourth-order valence-electron chi connectivity index (χ4n) is 2.06. The summed E-state index contributed by atoms with van der Waals surface area (Å²) in [6.45, 7) is 3.46. The van der Waals surface area contributed by atoms with Gasteiger partial charge in [-0.1, -0.05) is 30.3 Å². The van der Waals surface area contributed by atoms with Crippen molar-refractivity contribution in [2.75, 3.05) is 13.2 Å². The molecule has 0 fully saturated rings. The highest BCUT2D eigenvalue weighted by atomic mass is 35.5. The van der Waals surface area contributed by atoms with Gasteiger partial charge in [-0.05, 0) is 25.0 Å². The van der Waals surface area contributed by atoms with Crippen LogP contribution in [0.1, 0.15) is 41.1 Å². The van der Waals surface area contributed by atoms with Gasteiger partial charge in [0.25, 0.3) is 5.91 Å². The van der Waals surface area contributed by atoms with Gasteiger partial charge in [0, 0.05) is 13.2 Å². The molecule has 1 unspecified atom stereocenters. The molecule has 1 amide bonds. The minimum Gasteiger partial charge on any atom is -0.467 e. The molecule has 0 aliphatic carbocycles. The lowest BCUT2D eigenvalue weighted by molar-refractivity contribution is 0.0635. The van der Waals surface area contributed by atoms with Crippen molar-refractivity contribution in [3.63, 3.8) is 0 Å². The van der Waals surface area contributed by atoms with Crippen LogP contribution >= 0.6 is 12.4 Å². The summed E-state index contributed by atoms with van der Waals surface area (Å²) in [5.41, 5.74) is 7.09. The van der Waals surface area contributed by atoms with Crippen LogP contribution in [0.25, 0.3) is 0 Å². The van der Waals surface area contributed by atoms with Gasteiger partial charge in [-0.25, -0.2) is 0 Å². The Hall–Kier alpha value is -1.82. The minimum absolute atomic E-state index is 0. The first-order valence-electron chi connectivity index (χ1n) is 7.43. The summed E-state index contributed by atoms with van der Waals surface area (Å²) >= 11 is 0. The summed E-state index contributed by atoms with van der Waals surface area (Å²) in [6, 6.07) is 11.7. The molecule has 5 nitrogen and oxygen atoms in total. The van der Waals surface area contributed by atoms with Crippen molar-refractivity contribution in [2.24, 2.45) is 5.73 Å². The summed E-state index contributed by atoms with van der Waals surface area (Å²) in [4.78, 5) is 11.8. The Morgan fingerprint density at radius 2 is 2.09 bits per heavy atom. The molecule has 2 aromatic rings. The summed E-state index contributed by atoms with van der Waals surface area (Å²) in [6.07, 6.45) is 2.23. The highest BCUT2D eigenvalue weighted by Crippen LogP contribution is 2.15. The number of nitrogens with one attached hydrogen (secondary N) is 1. The van der Waals surface area contributed by atoms with Gasteiger partial charge < -0.3 is 20.2 Å². The Bertz CT molecular complexity index is 587. The molecule has 1 aromatic heterocycles. The van der Waals surface area contributed by atoms with E-state index in [-0.39, 0.29) is 24.4 Å². The third kappa shape index (κ3) is 6.06. The number of rotatable bonds is 8. The van der Waals surface area contributed by atoms with Gasteiger partial charge in [0.1, 0.15) is 12.0 Å². The summed E-state index contributed by atoms with van der Waals surface area (Å²) in [5.74, 6) is 0.449. The van der Waals surface area contributed by atoms with Crippen molar-refractivity contribution >= 4 is 18.3 Å². The molecule has 2 rings (SSSR count). The number of amides is 1. The first-order valence-corrected chi connectivity index (χ1v) is 7.43. The number of nitrogens with two attached hydrogens (primary N) is 1. The van der Waals surface area contributed by atoms with Crippen LogP contribution in [0.2, 0.25) is 0 Å². The maximum atomic E-state index is 11.8. The van der Waals surface area contributed by atoms with E-state index < -0.39 is 0 Å². The maximum absolute atomic E-state index is 11.8. The molecule has 0 saturated heterocycles. The first kappa shape index (κ1) is 19.2. The number of hydrogen-bond acceptors (Lipinski definition) is 4. The van der Waals surface area contributed by atoms with E-state index in [1.807, 2.05) is 37.3 Å². The smallest absolute Gasteiger partial charge is 0.254 e. The predicted octanol–water partition coefficient (Wildman–Crippen LogP) is 3.06. The van der Waals surface area contributed by atoms with E-state index in [0.717, 1.165) is 12.0 Å². The number of hydrogen-bond donors (Lipinski definition) is 2. The van der Waals surface area contributed by atoms with Crippen molar-refractivity contribution in [3.05, 3.63) is 59.5 Å². The fourth-order valence-corrected chi connectivity index (χ4v) is 2.06. The minimum atomic E-state index is -0.153. The zero-order valence-electron chi connectivity index (χ0n) is 13.2. The quantitative estimate of drug-likeness (QED) is 0.725. The zero-order valence-corrected chi connectivity index (χ0v) is 14.0. The van der Waals surface area contributed by atoms with Crippen molar-refractivity contribution < 1.29 is 13.9 Å². The van der Waals surface area contributed by atoms with Crippen LogP contribution in [0.3, 0.4) is 0 Å². The van der Waals surface area contributed by atoms with Crippen LogP contribution in [0, 0.1) is 0 Å². The number of benzene rings is 1. The monoisotopic (exact) mass is 338 g/mol. The van der Waals surface area contributed by atoms with E-state index in [0.29, 0.717) is 31.0 Å². The van der Waals surface area contributed by atoms with E-state index in [4.69, 9.17) is 14.9 Å². The molecule has 0 aliphatic heterocycles. The number of carbonyl (C=O) groups excluding carboxylic acids is 1. The summed E-state index contributed by atoms with van der Waals surface area (Å²) in [7, 11) is 0. The van der Waals surface area contributed by atoms with Crippen LogP contribution < -0.4 is 11.1 Å². The van der Waals surface area contributed by atoms with Gasteiger partial charge in [0.2, 0.25) is 0 Å². The Morgan fingerprint density at radius 1 is 1.35 bits per heavy atom. The third-order valence-electron chi connectivity index (χ3n) is 3.36. The molecule has 1 aromatic carbocycles. The molecule has 0 saturated carbocycles. The largest absolute Gasteiger partial charge is 0.467 e. The first-order chi connectivity index (χ1) is 10.7. The maximum Gasteiger partial charge on any atom is 0.254 e. The van der Waals surface area contributed by atoms with Crippen molar-refractivity contribution in [1.29, 1.82) is 0 Å². The highest BCUT2D eigenvalue weighted by Gasteiger charge is 2.09. The normalized spacial score (nSPS) is 11.6. The molecular weight excluding hydrogens is 316 g/mol. The number of furan rings is 1. The molecule has 3 N–H and O–H groups in total. The molecule has 0 aliphatic rings. The molecule has 0 radical (unpaired) electrons. The van der Waals surface area contributed by atoms with E-state index in [1.165, 1.54) is 6.26 Å². The topological polar surface area (TPSA) is 77.5 Å². The Kier molecular flexibility index (Phi) is 8.40. The van der Waals surface area contributed by atoms with Crippen LogP contribution in [0.15, 0.2) is 47.1 Å². The SMILES string of the molecule is CC(OCCCNC(=O)c1coc(CN)c1)c1ccccc1.Cl. The molecule has 0 spiro atoms. The number of ether oxygens (including phenoxy) is 1. The fraction of sp³-hybridized carbons (Fsp3) is 0.353. The van der Waals surface area contributed by atoms with E-state index in [2.05, 4.69) is 5.32 Å². The van der Waals surface area contributed by atoms with Crippen molar-refractivity contribution in [1.82, 2.24) is 5.32 Å². The molecule has 1 heterocycles. The highest BCUT2D eigenvalue weighted by molar-refractivity contribution is 5.93. The van der Waals surface area contributed by atoms with Gasteiger partial charge in [0.15, 0.2) is 0 Å². The van der Waals surface area contributed by atoms with Gasteiger partial charge in [-0.2, -0.15) is 0 Å². The van der Waals surface area contributed by atoms with Crippen LogP contribution in [-0.4, -0.2) is 19.1 Å². The number of halogens is 1. The van der Waals surface area contributed by atoms with Crippen molar-refractivity contribution in [3.8, 4) is 0 Å². The standard InChI is InChI=1S/C17H22N2O3.ClH/c1-13(14-6-3-2-4-7-14)21-9-5-8-19-17(20)15-10-16(11-18)22-12-15;/h2-4,6-7,10,12-13H,5,8-9,11,18H2,1H3,(H,19,20);1H. The van der Waals surface area contributed by atoms with E-state index >= 15 is 0 Å². The van der Waals surface area contributed by atoms with Gasteiger partial charge >= 0.3 is 0 Å². The Balaban J connectivity index is 0.00000264. The lowest BCUT2D eigenvalue weighted by Crippen LogP contribution is -2.25. The van der Waals surface area contributed by atoms with Gasteiger partial charge in [-0.3, -0.25) is 4.79 Å². The molecule has 23 heavy (non-hydrogen) atoms. The van der Waals surface area contributed by atoms with Crippen LogP contribution in [-0.2, 0) is 11.3 Å². The lowest BCUT2D eigenvalue weighted by atomic mass is 10.1. The summed E-state index contributed by atoms with van der Waals surface area (Å²) < 4.78 is 10.9. The van der Waals surface area contributed by atoms with Gasteiger partial charge in [0.05, 0.1) is 18.2 Å². The van der Waals surface area contributed by atoms with E-state index in [9.17, 15) is 4.79 Å². The third-order valence-corrected chi connectivity index (χ3v) is 3.36. The zero-order chi connectivity index (χ0) is 15.8. The van der Waals surface area contributed by atoms with Crippen molar-refractivity contribution in [2.45, 2.75) is 26.0 Å². The predicted molar refractivity (Wildman–Crippen MR) is 91.6 cm³/mol. The average molecular weight is 339 g/mol. The lowest BCUT2D eigenvalue weighted by Gasteiger charge is -2.13. The average Bonchev–Trinajstić information content (AvgIpc) is 3.04. The molecule has 1 atom stereocenters. The second-order valence-electron chi connectivity index (χ2n) is 5.04. The summed E-state index contributed by atoms with van der Waals surface area (Å²) in [5, 5.41) is 2.83. The number of carbonyl (C=O) groups is 1.